The Morgan fingerprint density at radius 1 is 0.529 bits per heavy atom. The predicted molar refractivity (Wildman–Crippen MR) is 67.9 cm³/mol. The van der Waals surface area contributed by atoms with E-state index in [4.69, 9.17) is 0 Å². The number of hydrogen-bond donors (Lipinski definition) is 0. The summed E-state index contributed by atoms with van der Waals surface area (Å²) in [5, 5.41) is 0. The Morgan fingerprint density at radius 3 is 0.941 bits per heavy atom. The van der Waals surface area contributed by atoms with Crippen LogP contribution in [-0.4, -0.2) is 69.8 Å². The van der Waals surface area contributed by atoms with Crippen molar-refractivity contribution in [2.24, 2.45) is 0 Å². The van der Waals surface area contributed by atoms with Crippen LogP contribution in [0.1, 0.15) is 25.7 Å². The zero-order valence-electron chi connectivity index (χ0n) is 12.4. The van der Waals surface area contributed by atoms with Gasteiger partial charge < -0.3 is 48.4 Å². The third-order valence-corrected chi connectivity index (χ3v) is 2.41. The molecule has 0 spiro atoms. The second-order valence-corrected chi connectivity index (χ2v) is 6.44. The molecule has 0 unspecified atom stereocenters. The molecule has 110 valence electrons. The molecule has 0 saturated heterocycles. The molecule has 0 rings (SSSR count). The molecule has 0 bridgehead atoms. The minimum Gasteiger partial charge on any atom is -1.00 e. The molecular weight excluding hydrogens is 348 g/mol. The van der Waals surface area contributed by atoms with E-state index in [0.717, 1.165) is 8.97 Å². The van der Waals surface area contributed by atoms with Gasteiger partial charge in [0.05, 0.1) is 55.4 Å². The molecule has 0 radical (unpaired) electrons. The number of hydrogen-bond acceptors (Lipinski definition) is 0. The molecule has 0 aromatic heterocycles. The third kappa shape index (κ3) is 26.5. The van der Waals surface area contributed by atoms with Crippen LogP contribution >= 0.6 is 0 Å². The number of unbranched alkanes of at least 4 members (excludes halogenated alkanes) is 3. The van der Waals surface area contributed by atoms with Gasteiger partial charge in [-0.15, -0.1) is 0 Å². The molecule has 0 aromatic carbocycles. The molecule has 0 amide bonds. The molecule has 0 aliphatic heterocycles. The van der Waals surface area contributed by atoms with E-state index in [1.54, 1.807) is 0 Å². The Bertz CT molecular complexity index is 136. The highest BCUT2D eigenvalue weighted by Crippen LogP contribution is 2.05. The first-order valence-electron chi connectivity index (χ1n) is 5.82. The first kappa shape index (κ1) is 26.4. The SMILES string of the molecule is C[N+](C)(C)CCCCCC[N+](C)(C)C.O.[Br-].[Br-]. The van der Waals surface area contributed by atoms with Gasteiger partial charge in [0.2, 0.25) is 0 Å². The van der Waals surface area contributed by atoms with E-state index in [1.807, 2.05) is 0 Å². The standard InChI is InChI=1S/C12H30N2.2BrH.H2O/c1-13(2,3)11-9-7-8-10-12-14(4,5)6;;;/h7-12H2,1-6H3;2*1H;1H2/q+2;;;/p-2. The van der Waals surface area contributed by atoms with Gasteiger partial charge in [0.1, 0.15) is 0 Å². The van der Waals surface area contributed by atoms with Crippen molar-refractivity contribution in [1.29, 1.82) is 0 Å². The smallest absolute Gasteiger partial charge is 0.0780 e. The van der Waals surface area contributed by atoms with Gasteiger partial charge in [0.15, 0.2) is 0 Å². The molecule has 0 atom stereocenters. The molecule has 5 heteroatoms. The van der Waals surface area contributed by atoms with Crippen LogP contribution in [0, 0.1) is 0 Å². The van der Waals surface area contributed by atoms with Crippen molar-refractivity contribution in [3.63, 3.8) is 0 Å². The van der Waals surface area contributed by atoms with Crippen LogP contribution < -0.4 is 34.0 Å². The zero-order valence-corrected chi connectivity index (χ0v) is 15.6. The average molecular weight is 380 g/mol. The predicted octanol–water partition coefficient (Wildman–Crippen LogP) is -4.86. The molecule has 0 saturated carbocycles. The highest BCUT2D eigenvalue weighted by molar-refractivity contribution is 4.42. The van der Waals surface area contributed by atoms with Gasteiger partial charge >= 0.3 is 0 Å². The van der Waals surface area contributed by atoms with Gasteiger partial charge in [0, 0.05) is 0 Å². The molecule has 17 heavy (non-hydrogen) atoms. The maximum absolute atomic E-state index is 2.27. The highest BCUT2D eigenvalue weighted by Gasteiger charge is 2.07. The van der Waals surface area contributed by atoms with E-state index < -0.39 is 0 Å². The molecular formula is C12H32Br2N2O. The van der Waals surface area contributed by atoms with E-state index in [1.165, 1.54) is 38.8 Å². The van der Waals surface area contributed by atoms with E-state index in [9.17, 15) is 0 Å². The van der Waals surface area contributed by atoms with Gasteiger partial charge in [-0.3, -0.25) is 0 Å². The van der Waals surface area contributed by atoms with Crippen molar-refractivity contribution in [1.82, 2.24) is 0 Å². The number of rotatable bonds is 7. The van der Waals surface area contributed by atoms with Crippen molar-refractivity contribution >= 4 is 0 Å². The van der Waals surface area contributed by atoms with Crippen molar-refractivity contribution in [2.45, 2.75) is 25.7 Å². The molecule has 0 aliphatic carbocycles. The Labute approximate surface area is 129 Å². The summed E-state index contributed by atoms with van der Waals surface area (Å²) in [6.45, 7) is 2.62. The van der Waals surface area contributed by atoms with Crippen LogP contribution in [0.4, 0.5) is 0 Å². The van der Waals surface area contributed by atoms with Crippen LogP contribution in [0.3, 0.4) is 0 Å². The minimum atomic E-state index is 0. The van der Waals surface area contributed by atoms with Crippen molar-refractivity contribution in [3.8, 4) is 0 Å². The van der Waals surface area contributed by atoms with Crippen molar-refractivity contribution < 1.29 is 48.4 Å². The monoisotopic (exact) mass is 378 g/mol. The topological polar surface area (TPSA) is 31.5 Å². The van der Waals surface area contributed by atoms with Gasteiger partial charge in [-0.1, -0.05) is 0 Å². The number of nitrogens with zero attached hydrogens (tertiary/aromatic N) is 2. The largest absolute Gasteiger partial charge is 1.00 e. The Morgan fingerprint density at radius 2 is 0.765 bits per heavy atom. The lowest BCUT2D eigenvalue weighted by atomic mass is 10.1. The summed E-state index contributed by atoms with van der Waals surface area (Å²) < 4.78 is 2.21. The van der Waals surface area contributed by atoms with Crippen LogP contribution in [-0.2, 0) is 0 Å². The Balaban J connectivity index is -0.000000282. The van der Waals surface area contributed by atoms with Crippen molar-refractivity contribution in [3.05, 3.63) is 0 Å². The molecule has 3 nitrogen and oxygen atoms in total. The van der Waals surface area contributed by atoms with E-state index in [0.29, 0.717) is 0 Å². The fourth-order valence-electron chi connectivity index (χ4n) is 1.53. The number of quaternary nitrogens is 2. The summed E-state index contributed by atoms with van der Waals surface area (Å²) in [6.07, 6.45) is 5.55. The normalized spacial score (nSPS) is 10.9. The fourth-order valence-corrected chi connectivity index (χ4v) is 1.53. The summed E-state index contributed by atoms with van der Waals surface area (Å²) in [5.41, 5.74) is 0. The summed E-state index contributed by atoms with van der Waals surface area (Å²) >= 11 is 0. The summed E-state index contributed by atoms with van der Waals surface area (Å²) in [4.78, 5) is 0. The van der Waals surface area contributed by atoms with Crippen LogP contribution in [0.5, 0.6) is 0 Å². The highest BCUT2D eigenvalue weighted by atomic mass is 79.9. The quantitative estimate of drug-likeness (QED) is 0.314. The van der Waals surface area contributed by atoms with Gasteiger partial charge in [-0.05, 0) is 25.7 Å². The summed E-state index contributed by atoms with van der Waals surface area (Å²) in [6, 6.07) is 0. The molecule has 0 aromatic rings. The van der Waals surface area contributed by atoms with Crippen LogP contribution in [0.25, 0.3) is 0 Å². The second kappa shape index (κ2) is 11.9. The maximum atomic E-state index is 2.27. The summed E-state index contributed by atoms with van der Waals surface area (Å²) in [5.74, 6) is 0. The number of halogens is 2. The molecule has 0 heterocycles. The first-order valence-corrected chi connectivity index (χ1v) is 5.82. The van der Waals surface area contributed by atoms with Gasteiger partial charge in [-0.25, -0.2) is 0 Å². The molecule has 0 fully saturated rings. The van der Waals surface area contributed by atoms with E-state index in [-0.39, 0.29) is 39.4 Å². The summed E-state index contributed by atoms with van der Waals surface area (Å²) in [7, 11) is 13.6. The van der Waals surface area contributed by atoms with Crippen LogP contribution in [0.2, 0.25) is 0 Å². The fraction of sp³-hybridized carbons (Fsp3) is 1.00. The Hall–Kier alpha value is 0.840. The van der Waals surface area contributed by atoms with E-state index in [2.05, 4.69) is 42.3 Å². The second-order valence-electron chi connectivity index (χ2n) is 6.44. The van der Waals surface area contributed by atoms with Gasteiger partial charge in [0.25, 0.3) is 0 Å². The van der Waals surface area contributed by atoms with Crippen LogP contribution in [0.15, 0.2) is 0 Å². The first-order chi connectivity index (χ1) is 6.21. The van der Waals surface area contributed by atoms with Crippen molar-refractivity contribution in [2.75, 3.05) is 55.4 Å². The molecule has 2 N–H and O–H groups in total. The Kier molecular flexibility index (Phi) is 18.5. The zero-order chi connectivity index (χ0) is 11.2. The maximum Gasteiger partial charge on any atom is 0.0780 e. The lowest BCUT2D eigenvalue weighted by Gasteiger charge is -2.25. The minimum absolute atomic E-state index is 0. The van der Waals surface area contributed by atoms with E-state index >= 15 is 0 Å². The molecule has 0 aliphatic rings. The van der Waals surface area contributed by atoms with Gasteiger partial charge in [-0.2, -0.15) is 0 Å². The lowest BCUT2D eigenvalue weighted by Crippen LogP contribution is -3.00. The average Bonchev–Trinajstić information content (AvgIpc) is 1.92. The third-order valence-electron chi connectivity index (χ3n) is 2.41. The lowest BCUT2D eigenvalue weighted by molar-refractivity contribution is -0.871.